The van der Waals surface area contributed by atoms with E-state index in [2.05, 4.69) is 4.72 Å². The molecular weight excluding hydrogens is 260 g/mol. The van der Waals surface area contributed by atoms with E-state index in [1.807, 2.05) is 34.6 Å². The Hall–Kier alpha value is -1.07. The SMILES string of the molecule is CCC(C)C(C)NS(=O)(=O)c1cc(C)c(C)cc1N. The van der Waals surface area contributed by atoms with E-state index in [0.29, 0.717) is 5.69 Å². The average Bonchev–Trinajstić information content (AvgIpc) is 2.31. The Bertz CT molecular complexity index is 553. The standard InChI is InChI=1S/C14H24N2O2S/c1-6-9(2)12(5)16-19(17,18)14-8-11(4)10(3)7-13(14)15/h7-9,12,16H,6,15H2,1-5H3. The van der Waals surface area contributed by atoms with E-state index in [-0.39, 0.29) is 16.9 Å². The molecule has 0 bridgehead atoms. The lowest BCUT2D eigenvalue weighted by atomic mass is 10.0. The molecule has 0 spiro atoms. The Morgan fingerprint density at radius 1 is 1.21 bits per heavy atom. The number of benzene rings is 1. The van der Waals surface area contributed by atoms with Gasteiger partial charge < -0.3 is 5.73 Å². The zero-order chi connectivity index (χ0) is 14.8. The molecule has 0 heterocycles. The van der Waals surface area contributed by atoms with E-state index in [0.717, 1.165) is 17.5 Å². The van der Waals surface area contributed by atoms with E-state index >= 15 is 0 Å². The fourth-order valence-corrected chi connectivity index (χ4v) is 3.37. The molecule has 0 saturated heterocycles. The normalized spacial score (nSPS) is 15.2. The summed E-state index contributed by atoms with van der Waals surface area (Å²) in [5.74, 6) is 0.280. The third-order valence-corrected chi connectivity index (χ3v) is 5.37. The van der Waals surface area contributed by atoms with Crippen molar-refractivity contribution in [2.75, 3.05) is 5.73 Å². The highest BCUT2D eigenvalue weighted by Crippen LogP contribution is 2.23. The smallest absolute Gasteiger partial charge is 0.242 e. The summed E-state index contributed by atoms with van der Waals surface area (Å²) in [6, 6.07) is 3.23. The van der Waals surface area contributed by atoms with E-state index < -0.39 is 10.0 Å². The fourth-order valence-electron chi connectivity index (χ4n) is 1.82. The first-order valence-electron chi connectivity index (χ1n) is 6.58. The quantitative estimate of drug-likeness (QED) is 0.816. The Morgan fingerprint density at radius 3 is 2.26 bits per heavy atom. The summed E-state index contributed by atoms with van der Waals surface area (Å²) in [5.41, 5.74) is 8.05. The van der Waals surface area contributed by atoms with Crippen LogP contribution in [0.15, 0.2) is 17.0 Å². The molecule has 2 unspecified atom stereocenters. The molecule has 0 radical (unpaired) electrons. The van der Waals surface area contributed by atoms with Crippen molar-refractivity contribution in [3.8, 4) is 0 Å². The monoisotopic (exact) mass is 284 g/mol. The topological polar surface area (TPSA) is 72.2 Å². The highest BCUT2D eigenvalue weighted by atomic mass is 32.2. The highest BCUT2D eigenvalue weighted by Gasteiger charge is 2.22. The molecule has 2 atom stereocenters. The van der Waals surface area contributed by atoms with Gasteiger partial charge in [0.1, 0.15) is 4.90 Å². The van der Waals surface area contributed by atoms with Gasteiger partial charge in [0.2, 0.25) is 10.0 Å². The van der Waals surface area contributed by atoms with Crippen molar-refractivity contribution in [3.63, 3.8) is 0 Å². The van der Waals surface area contributed by atoms with Crippen molar-refractivity contribution in [2.24, 2.45) is 5.92 Å². The minimum absolute atomic E-state index is 0.115. The van der Waals surface area contributed by atoms with Crippen molar-refractivity contribution >= 4 is 15.7 Å². The number of rotatable bonds is 5. The van der Waals surface area contributed by atoms with Gasteiger partial charge in [-0.2, -0.15) is 0 Å². The molecular formula is C14H24N2O2S. The largest absolute Gasteiger partial charge is 0.398 e. The summed E-state index contributed by atoms with van der Waals surface area (Å²) in [5, 5.41) is 0. The number of sulfonamides is 1. The first-order valence-corrected chi connectivity index (χ1v) is 8.06. The first-order chi connectivity index (χ1) is 8.69. The number of aryl methyl sites for hydroxylation is 2. The summed E-state index contributed by atoms with van der Waals surface area (Å²) in [7, 11) is -3.56. The molecule has 5 heteroatoms. The van der Waals surface area contributed by atoms with Gasteiger partial charge in [-0.1, -0.05) is 20.3 Å². The van der Waals surface area contributed by atoms with Gasteiger partial charge in [0.25, 0.3) is 0 Å². The number of hydrogen-bond donors (Lipinski definition) is 2. The Kier molecular flexibility index (Phi) is 4.98. The molecule has 0 aliphatic heterocycles. The molecule has 0 saturated carbocycles. The van der Waals surface area contributed by atoms with Gasteiger partial charge in [-0.15, -0.1) is 0 Å². The molecule has 0 aliphatic carbocycles. The maximum Gasteiger partial charge on any atom is 0.242 e. The second-order valence-electron chi connectivity index (χ2n) is 5.27. The van der Waals surface area contributed by atoms with Crippen LogP contribution in [0.25, 0.3) is 0 Å². The molecule has 1 aromatic rings. The molecule has 19 heavy (non-hydrogen) atoms. The molecule has 1 rings (SSSR count). The number of nitrogens with one attached hydrogen (secondary N) is 1. The van der Waals surface area contributed by atoms with Crippen molar-refractivity contribution in [3.05, 3.63) is 23.3 Å². The molecule has 0 amide bonds. The maximum atomic E-state index is 12.4. The van der Waals surface area contributed by atoms with Crippen LogP contribution in [0.5, 0.6) is 0 Å². The molecule has 0 aliphatic rings. The van der Waals surface area contributed by atoms with Gasteiger partial charge in [0.05, 0.1) is 5.69 Å². The van der Waals surface area contributed by atoms with Crippen LogP contribution in [-0.4, -0.2) is 14.5 Å². The van der Waals surface area contributed by atoms with Gasteiger partial charge in [-0.25, -0.2) is 13.1 Å². The summed E-state index contributed by atoms with van der Waals surface area (Å²) in [4.78, 5) is 0.172. The van der Waals surface area contributed by atoms with E-state index in [9.17, 15) is 8.42 Å². The van der Waals surface area contributed by atoms with Crippen LogP contribution < -0.4 is 10.5 Å². The van der Waals surface area contributed by atoms with E-state index in [1.165, 1.54) is 0 Å². The van der Waals surface area contributed by atoms with Crippen LogP contribution in [-0.2, 0) is 10.0 Å². The predicted molar refractivity (Wildman–Crippen MR) is 79.6 cm³/mol. The van der Waals surface area contributed by atoms with Crippen molar-refractivity contribution < 1.29 is 8.42 Å². The fraction of sp³-hybridized carbons (Fsp3) is 0.571. The summed E-state index contributed by atoms with van der Waals surface area (Å²) in [6.07, 6.45) is 0.923. The molecule has 3 N–H and O–H groups in total. The zero-order valence-electron chi connectivity index (χ0n) is 12.3. The minimum Gasteiger partial charge on any atom is -0.398 e. The van der Waals surface area contributed by atoms with Gasteiger partial charge in [0, 0.05) is 6.04 Å². The molecule has 0 fully saturated rings. The Balaban J connectivity index is 3.11. The van der Waals surface area contributed by atoms with Gasteiger partial charge in [-0.05, 0) is 49.9 Å². The first kappa shape index (κ1) is 16.0. The lowest BCUT2D eigenvalue weighted by molar-refractivity contribution is 0.434. The third-order valence-electron chi connectivity index (χ3n) is 3.75. The van der Waals surface area contributed by atoms with E-state index in [1.54, 1.807) is 12.1 Å². The second-order valence-corrected chi connectivity index (χ2v) is 6.95. The van der Waals surface area contributed by atoms with Crippen molar-refractivity contribution in [1.29, 1.82) is 0 Å². The Morgan fingerprint density at radius 2 is 1.74 bits per heavy atom. The van der Waals surface area contributed by atoms with Crippen molar-refractivity contribution in [1.82, 2.24) is 4.72 Å². The summed E-state index contributed by atoms with van der Waals surface area (Å²) >= 11 is 0. The van der Waals surface area contributed by atoms with Crippen LogP contribution in [0, 0.1) is 19.8 Å². The van der Waals surface area contributed by atoms with Crippen LogP contribution in [0.1, 0.15) is 38.3 Å². The number of nitrogen functional groups attached to an aromatic ring is 1. The predicted octanol–water partition coefficient (Wildman–Crippen LogP) is 2.60. The molecule has 0 aromatic heterocycles. The van der Waals surface area contributed by atoms with Crippen LogP contribution in [0.3, 0.4) is 0 Å². The van der Waals surface area contributed by atoms with Gasteiger partial charge in [-0.3, -0.25) is 0 Å². The maximum absolute atomic E-state index is 12.4. The second kappa shape index (κ2) is 5.92. The van der Waals surface area contributed by atoms with Crippen LogP contribution in [0.2, 0.25) is 0 Å². The lowest BCUT2D eigenvalue weighted by Crippen LogP contribution is -2.37. The van der Waals surface area contributed by atoms with Crippen LogP contribution in [0.4, 0.5) is 5.69 Å². The Labute approximate surface area is 116 Å². The van der Waals surface area contributed by atoms with E-state index in [4.69, 9.17) is 5.73 Å². The summed E-state index contributed by atoms with van der Waals surface area (Å²) in [6.45, 7) is 9.74. The molecule has 108 valence electrons. The number of nitrogens with two attached hydrogens (primary N) is 1. The van der Waals surface area contributed by atoms with Gasteiger partial charge in [0.15, 0.2) is 0 Å². The molecule has 4 nitrogen and oxygen atoms in total. The summed E-state index contributed by atoms with van der Waals surface area (Å²) < 4.78 is 27.4. The number of hydrogen-bond acceptors (Lipinski definition) is 3. The zero-order valence-corrected chi connectivity index (χ0v) is 13.1. The highest BCUT2D eigenvalue weighted by molar-refractivity contribution is 7.89. The minimum atomic E-state index is -3.56. The van der Waals surface area contributed by atoms with Gasteiger partial charge >= 0.3 is 0 Å². The van der Waals surface area contributed by atoms with Crippen molar-refractivity contribution in [2.45, 2.75) is 52.0 Å². The average molecular weight is 284 g/mol. The van der Waals surface area contributed by atoms with Crippen LogP contribution >= 0.6 is 0 Å². The third kappa shape index (κ3) is 3.70. The molecule has 1 aromatic carbocycles. The number of anilines is 1. The lowest BCUT2D eigenvalue weighted by Gasteiger charge is -2.20.